The van der Waals surface area contributed by atoms with Crippen molar-refractivity contribution < 1.29 is 14.0 Å². The minimum absolute atomic E-state index is 0.0675. The highest BCUT2D eigenvalue weighted by atomic mass is 19.1. The van der Waals surface area contributed by atoms with E-state index in [-0.39, 0.29) is 17.6 Å². The summed E-state index contributed by atoms with van der Waals surface area (Å²) in [6.07, 6.45) is 3.47. The molecule has 0 bridgehead atoms. The zero-order valence-electron chi connectivity index (χ0n) is 15.9. The predicted molar refractivity (Wildman–Crippen MR) is 106 cm³/mol. The van der Waals surface area contributed by atoms with Crippen LogP contribution in [0.25, 0.3) is 0 Å². The van der Waals surface area contributed by atoms with Crippen molar-refractivity contribution in [1.82, 2.24) is 4.90 Å². The van der Waals surface area contributed by atoms with Crippen LogP contribution in [0.5, 0.6) is 0 Å². The van der Waals surface area contributed by atoms with E-state index in [1.807, 2.05) is 11.0 Å². The lowest BCUT2D eigenvalue weighted by atomic mass is 9.89. The summed E-state index contributed by atoms with van der Waals surface area (Å²) in [6.45, 7) is 1.88. The zero-order chi connectivity index (χ0) is 19.5. The van der Waals surface area contributed by atoms with Crippen LogP contribution in [-0.2, 0) is 16.0 Å². The summed E-state index contributed by atoms with van der Waals surface area (Å²) in [6, 6.07) is 16.4. The summed E-state index contributed by atoms with van der Waals surface area (Å²) in [7, 11) is 0. The minimum atomic E-state index is -0.631. The van der Waals surface area contributed by atoms with E-state index in [1.54, 1.807) is 12.1 Å². The molecule has 4 nitrogen and oxygen atoms in total. The van der Waals surface area contributed by atoms with Gasteiger partial charge in [0.05, 0.1) is 0 Å². The Labute approximate surface area is 164 Å². The van der Waals surface area contributed by atoms with Crippen LogP contribution in [0.1, 0.15) is 24.8 Å². The van der Waals surface area contributed by atoms with Gasteiger partial charge >= 0.3 is 0 Å². The zero-order valence-corrected chi connectivity index (χ0v) is 15.9. The fourth-order valence-corrected chi connectivity index (χ4v) is 4.33. The Bertz CT molecular complexity index is 847. The number of piperidine rings is 1. The molecular formula is C23H25FN2O2. The number of benzene rings is 2. The van der Waals surface area contributed by atoms with Gasteiger partial charge in [-0.25, -0.2) is 4.39 Å². The second-order valence-electron chi connectivity index (χ2n) is 7.77. The molecule has 2 heterocycles. The number of halogens is 1. The van der Waals surface area contributed by atoms with Crippen molar-refractivity contribution in [3.63, 3.8) is 0 Å². The maximum absolute atomic E-state index is 13.5. The van der Waals surface area contributed by atoms with Crippen LogP contribution < -0.4 is 4.90 Å². The Morgan fingerprint density at radius 2 is 1.71 bits per heavy atom. The molecule has 2 fully saturated rings. The number of hydrogen-bond donors (Lipinski definition) is 0. The molecule has 0 aromatic heterocycles. The Hall–Kier alpha value is -2.69. The lowest BCUT2D eigenvalue weighted by Crippen LogP contribution is -2.44. The molecule has 2 aliphatic rings. The van der Waals surface area contributed by atoms with E-state index in [0.29, 0.717) is 37.7 Å². The van der Waals surface area contributed by atoms with Gasteiger partial charge in [-0.15, -0.1) is 0 Å². The topological polar surface area (TPSA) is 40.6 Å². The van der Waals surface area contributed by atoms with Crippen molar-refractivity contribution in [2.24, 2.45) is 11.8 Å². The average Bonchev–Trinajstić information content (AvgIpc) is 3.10. The number of anilines is 1. The molecule has 0 saturated carbocycles. The Balaban J connectivity index is 1.33. The summed E-state index contributed by atoms with van der Waals surface area (Å²) < 4.78 is 13.5. The SMILES string of the molecule is O=C(C1CCN(c2cccc(F)c2)C1=O)N1CCC(Cc2ccccc2)CC1. The second kappa shape index (κ2) is 8.13. The highest BCUT2D eigenvalue weighted by Crippen LogP contribution is 2.29. The molecule has 0 N–H and O–H groups in total. The molecular weight excluding hydrogens is 355 g/mol. The van der Waals surface area contributed by atoms with Crippen molar-refractivity contribution in [3.05, 3.63) is 66.0 Å². The maximum atomic E-state index is 13.5. The molecule has 146 valence electrons. The van der Waals surface area contributed by atoms with Gasteiger partial charge in [0.2, 0.25) is 11.8 Å². The first-order valence-electron chi connectivity index (χ1n) is 10.0. The highest BCUT2D eigenvalue weighted by molar-refractivity contribution is 6.09. The van der Waals surface area contributed by atoms with Gasteiger partial charge in [0.15, 0.2) is 0 Å². The van der Waals surface area contributed by atoms with Gasteiger partial charge < -0.3 is 9.80 Å². The number of rotatable bonds is 4. The molecule has 0 spiro atoms. The molecule has 2 aliphatic heterocycles. The Morgan fingerprint density at radius 1 is 0.964 bits per heavy atom. The first-order chi connectivity index (χ1) is 13.6. The first kappa shape index (κ1) is 18.7. The number of hydrogen-bond acceptors (Lipinski definition) is 2. The predicted octanol–water partition coefficient (Wildman–Crippen LogP) is 3.66. The normalized spacial score (nSPS) is 20.6. The van der Waals surface area contributed by atoms with Crippen molar-refractivity contribution in [1.29, 1.82) is 0 Å². The summed E-state index contributed by atoms with van der Waals surface area (Å²) in [5, 5.41) is 0. The van der Waals surface area contributed by atoms with Crippen molar-refractivity contribution in [2.45, 2.75) is 25.7 Å². The third-order valence-corrected chi connectivity index (χ3v) is 5.92. The number of carbonyl (C=O) groups is 2. The van der Waals surface area contributed by atoms with Gasteiger partial charge in [-0.05, 0) is 55.4 Å². The molecule has 1 unspecified atom stereocenters. The highest BCUT2D eigenvalue weighted by Gasteiger charge is 2.40. The number of carbonyl (C=O) groups excluding carboxylic acids is 2. The van der Waals surface area contributed by atoms with Crippen LogP contribution in [0.2, 0.25) is 0 Å². The number of likely N-dealkylation sites (tertiary alicyclic amines) is 1. The molecule has 1 atom stereocenters. The molecule has 2 aromatic rings. The standard InChI is InChI=1S/C23H25FN2O2/c24-19-7-4-8-20(16-19)26-14-11-21(23(26)28)22(27)25-12-9-18(10-13-25)15-17-5-2-1-3-6-17/h1-8,16,18,21H,9-15H2. The van der Waals surface area contributed by atoms with E-state index in [0.717, 1.165) is 19.3 Å². The van der Waals surface area contributed by atoms with Crippen LogP contribution in [0.3, 0.4) is 0 Å². The minimum Gasteiger partial charge on any atom is -0.342 e. The van der Waals surface area contributed by atoms with Crippen LogP contribution in [0.15, 0.2) is 54.6 Å². The molecule has 2 aromatic carbocycles. The third-order valence-electron chi connectivity index (χ3n) is 5.92. The van der Waals surface area contributed by atoms with Gasteiger partial charge in [-0.1, -0.05) is 36.4 Å². The van der Waals surface area contributed by atoms with E-state index in [2.05, 4.69) is 24.3 Å². The fourth-order valence-electron chi connectivity index (χ4n) is 4.33. The van der Waals surface area contributed by atoms with Crippen molar-refractivity contribution in [3.8, 4) is 0 Å². The lowest BCUT2D eigenvalue weighted by molar-refractivity contribution is -0.141. The molecule has 4 rings (SSSR count). The monoisotopic (exact) mass is 380 g/mol. The smallest absolute Gasteiger partial charge is 0.239 e. The van der Waals surface area contributed by atoms with Crippen LogP contribution >= 0.6 is 0 Å². The van der Waals surface area contributed by atoms with E-state index in [9.17, 15) is 14.0 Å². The van der Waals surface area contributed by atoms with E-state index in [4.69, 9.17) is 0 Å². The quantitative estimate of drug-likeness (QED) is 0.760. The van der Waals surface area contributed by atoms with Crippen LogP contribution in [-0.4, -0.2) is 36.3 Å². The largest absolute Gasteiger partial charge is 0.342 e. The van der Waals surface area contributed by atoms with Gasteiger partial charge in [-0.2, -0.15) is 0 Å². The van der Waals surface area contributed by atoms with Crippen LogP contribution in [0, 0.1) is 17.7 Å². The second-order valence-corrected chi connectivity index (χ2v) is 7.77. The first-order valence-corrected chi connectivity index (χ1v) is 10.0. The van der Waals surface area contributed by atoms with Gasteiger partial charge in [0.1, 0.15) is 11.7 Å². The van der Waals surface area contributed by atoms with Crippen molar-refractivity contribution >= 4 is 17.5 Å². The van der Waals surface area contributed by atoms with Crippen LogP contribution in [0.4, 0.5) is 10.1 Å². The molecule has 2 amide bonds. The maximum Gasteiger partial charge on any atom is 0.239 e. The molecule has 28 heavy (non-hydrogen) atoms. The van der Waals surface area contributed by atoms with Gasteiger partial charge in [0.25, 0.3) is 0 Å². The summed E-state index contributed by atoms with van der Waals surface area (Å²) in [4.78, 5) is 29.1. The van der Waals surface area contributed by atoms with Gasteiger partial charge in [-0.3, -0.25) is 9.59 Å². The molecule has 0 radical (unpaired) electrons. The third kappa shape index (κ3) is 3.93. The average molecular weight is 380 g/mol. The Kier molecular flexibility index (Phi) is 5.42. The van der Waals surface area contributed by atoms with E-state index in [1.165, 1.54) is 22.6 Å². The Morgan fingerprint density at radius 3 is 2.43 bits per heavy atom. The van der Waals surface area contributed by atoms with Crippen molar-refractivity contribution in [2.75, 3.05) is 24.5 Å². The molecule has 5 heteroatoms. The molecule has 0 aliphatic carbocycles. The number of nitrogens with zero attached hydrogens (tertiary/aromatic N) is 2. The molecule has 2 saturated heterocycles. The van der Waals surface area contributed by atoms with E-state index >= 15 is 0 Å². The number of amides is 2. The van der Waals surface area contributed by atoms with E-state index < -0.39 is 5.92 Å². The fraction of sp³-hybridized carbons (Fsp3) is 0.391. The summed E-state index contributed by atoms with van der Waals surface area (Å²) >= 11 is 0. The van der Waals surface area contributed by atoms with Gasteiger partial charge in [0, 0.05) is 25.3 Å². The lowest BCUT2D eigenvalue weighted by Gasteiger charge is -2.33. The summed E-state index contributed by atoms with van der Waals surface area (Å²) in [5.74, 6) is -0.701. The summed E-state index contributed by atoms with van der Waals surface area (Å²) in [5.41, 5.74) is 1.87.